The van der Waals surface area contributed by atoms with E-state index in [4.69, 9.17) is 9.47 Å². The molecule has 0 spiro atoms. The molecule has 4 aromatic carbocycles. The molecule has 1 radical (unpaired) electrons. The summed E-state index contributed by atoms with van der Waals surface area (Å²) >= 11 is -0.181. The second-order valence-corrected chi connectivity index (χ2v) is 22.9. The van der Waals surface area contributed by atoms with Crippen LogP contribution < -0.4 is 60.1 Å². The Labute approximate surface area is 504 Å². The fourth-order valence-corrected chi connectivity index (χ4v) is 10.7. The molecule has 8 nitrogen and oxygen atoms in total. The smallest absolute Gasteiger partial charge is 0.860 e. The van der Waals surface area contributed by atoms with Gasteiger partial charge < -0.3 is 38.9 Å². The van der Waals surface area contributed by atoms with Crippen LogP contribution in [-0.2, 0) is 19.5 Å². The zero-order valence-electron chi connectivity index (χ0n) is 47.6. The zero-order valence-corrected chi connectivity index (χ0v) is 51.5. The van der Waals surface area contributed by atoms with Gasteiger partial charge in [0.25, 0.3) is 0 Å². The third kappa shape index (κ3) is 33.4. The number of hydrogen-bond donors (Lipinski definition) is 0. The van der Waals surface area contributed by atoms with Crippen LogP contribution >= 0.6 is 0 Å². The Morgan fingerprint density at radius 3 is 0.707 bits per heavy atom. The molecule has 0 aromatic heterocycles. The summed E-state index contributed by atoms with van der Waals surface area (Å²) in [5, 5.41) is 39.4. The Balaban J connectivity index is 0.000000871. The number of halogens is 11. The van der Waals surface area contributed by atoms with E-state index < -0.39 is 84.3 Å². The van der Waals surface area contributed by atoms with Crippen LogP contribution in [0.1, 0.15) is 219 Å². The standard InChI is InChI=1S/C48H82IO2.2C6BF5O3.Ru/c1-3-5-7-9-11-13-15-17-19-21-23-25-27-29-31-33-43-50-47-39-35-45(36-40-47)49-46-37-41-48(42-38-46)51-44-34-32-30-28-26-24-22-20-18-16-14-12-10-8-6-4-2;2*8-1-2(9)4(11)6(15-7(13)14)5(12)3(1)10;/h35-42H,3-34,43-44H2,1-2H3;;;/q+1;2*-2;+3. The van der Waals surface area contributed by atoms with Crippen LogP contribution in [0.4, 0.5) is 43.9 Å². The van der Waals surface area contributed by atoms with Gasteiger partial charge in [0.15, 0.2) is 18.6 Å². The monoisotopic (exact) mass is 1370 g/mol. The van der Waals surface area contributed by atoms with E-state index >= 15 is 0 Å². The minimum absolute atomic E-state index is 0. The molecule has 82 heavy (non-hydrogen) atoms. The van der Waals surface area contributed by atoms with E-state index in [9.17, 15) is 64.0 Å². The van der Waals surface area contributed by atoms with E-state index in [0.29, 0.717) is 0 Å². The van der Waals surface area contributed by atoms with Crippen molar-refractivity contribution in [3.05, 3.63) is 114 Å². The molecule has 4 rings (SSSR count). The van der Waals surface area contributed by atoms with Crippen molar-refractivity contribution < 1.29 is 123 Å². The van der Waals surface area contributed by atoms with Crippen LogP contribution in [0.3, 0.4) is 0 Å². The van der Waals surface area contributed by atoms with Crippen LogP contribution in [0.15, 0.2) is 48.5 Å². The van der Waals surface area contributed by atoms with Crippen LogP contribution in [0.2, 0.25) is 0 Å². The minimum Gasteiger partial charge on any atom is -0.860 e. The summed E-state index contributed by atoms with van der Waals surface area (Å²) in [4.78, 5) is 0. The Morgan fingerprint density at radius 1 is 0.305 bits per heavy atom. The molecule has 461 valence electrons. The molecule has 0 bridgehead atoms. The predicted octanol–water partition coefficient (Wildman–Crippen LogP) is 12.0. The summed E-state index contributed by atoms with van der Waals surface area (Å²) < 4.78 is 147. The van der Waals surface area contributed by atoms with Crippen LogP contribution in [-0.4, -0.2) is 27.9 Å². The van der Waals surface area contributed by atoms with Gasteiger partial charge in [0.2, 0.25) is 58.2 Å². The molecule has 0 saturated carbocycles. The normalized spacial score (nSPS) is 10.8. The average molecular weight is 1370 g/mol. The first kappa shape index (κ1) is 76.7. The van der Waals surface area contributed by atoms with E-state index in [1.165, 1.54) is 213 Å². The molecule has 4 aromatic rings. The van der Waals surface area contributed by atoms with Crippen molar-refractivity contribution in [3.8, 4) is 23.0 Å². The van der Waals surface area contributed by atoms with Gasteiger partial charge in [-0.25, -0.2) is 26.3 Å². The average Bonchev–Trinajstić information content (AvgIpc) is 3.53. The van der Waals surface area contributed by atoms with Crippen LogP contribution in [0, 0.1) is 65.3 Å². The van der Waals surface area contributed by atoms with Gasteiger partial charge in [-0.1, -0.05) is 206 Å². The van der Waals surface area contributed by atoms with Crippen molar-refractivity contribution in [2.24, 2.45) is 0 Å². The van der Waals surface area contributed by atoms with Crippen molar-refractivity contribution in [1.82, 2.24) is 0 Å². The third-order valence-electron chi connectivity index (χ3n) is 13.1. The van der Waals surface area contributed by atoms with Crippen LogP contribution in [0.5, 0.6) is 23.0 Å². The summed E-state index contributed by atoms with van der Waals surface area (Å²) in [7, 11) is -6.39. The van der Waals surface area contributed by atoms with Crippen molar-refractivity contribution in [2.45, 2.75) is 219 Å². The van der Waals surface area contributed by atoms with Crippen molar-refractivity contribution in [3.63, 3.8) is 0 Å². The van der Waals surface area contributed by atoms with Gasteiger partial charge in [0.1, 0.15) is 26.1 Å². The Kier molecular flexibility index (Phi) is 44.8. The summed E-state index contributed by atoms with van der Waals surface area (Å²) in [5.74, 6) is -25.1. The molecule has 0 amide bonds. The zero-order chi connectivity index (χ0) is 59.6. The molecule has 0 heterocycles. The maximum atomic E-state index is 12.6. The molecule has 0 aliphatic carbocycles. The minimum atomic E-state index is -3.20. The summed E-state index contributed by atoms with van der Waals surface area (Å²) in [6.07, 6.45) is 44.9. The van der Waals surface area contributed by atoms with Gasteiger partial charge in [0.05, 0.1) is 13.2 Å². The summed E-state index contributed by atoms with van der Waals surface area (Å²) in [6.45, 7) is 6.28. The number of benzene rings is 4. The molecule has 0 saturated heterocycles. The number of unbranched alkanes of at least 4 members (excludes halogenated alkanes) is 30. The quantitative estimate of drug-likeness (QED) is 0.0107. The molecular weight excluding hydrogens is 1290 g/mol. The molecule has 22 heteroatoms. The second-order valence-electron chi connectivity index (χ2n) is 19.9. The first-order valence-electron chi connectivity index (χ1n) is 29.1. The molecule has 0 N–H and O–H groups in total. The Bertz CT molecular complexity index is 2050. The molecule has 0 atom stereocenters. The third-order valence-corrected chi connectivity index (χ3v) is 15.8. The number of hydrogen-bond acceptors (Lipinski definition) is 8. The van der Waals surface area contributed by atoms with E-state index in [1.807, 2.05) is 0 Å². The number of rotatable bonds is 42. The molecule has 0 unspecified atom stereocenters. The summed E-state index contributed by atoms with van der Waals surface area (Å²) in [5.41, 5.74) is 0. The maximum Gasteiger partial charge on any atom is 3.00 e. The fourth-order valence-electron chi connectivity index (χ4n) is 8.56. The van der Waals surface area contributed by atoms with Gasteiger partial charge in [-0.2, -0.15) is 17.6 Å². The number of ether oxygens (including phenoxy) is 2. The second kappa shape index (κ2) is 47.9. The first-order valence-corrected chi connectivity index (χ1v) is 31.3. The molecule has 0 aliphatic rings. The SMILES string of the molecule is CCCCCCCCCCCCCCCCCCOc1ccc([I+]c2ccc(OCCCCCCCCCCCCCCCCCC)cc2)cc1.[O-]B([O-])Oc1c(F)c(F)c(F)c(F)c1F.[O-]B([O-])Oc1c(F)c(F)c(F)c(F)c1F.[Ru+3]. The Hall–Kier alpha value is -3.30. The van der Waals surface area contributed by atoms with Crippen molar-refractivity contribution in [2.75, 3.05) is 13.2 Å². The molecular formula is C60H82B2F10IO8Ru. The van der Waals surface area contributed by atoms with Gasteiger partial charge >= 0.3 is 40.7 Å². The Morgan fingerprint density at radius 2 is 0.500 bits per heavy atom. The molecule has 0 fully saturated rings. The van der Waals surface area contributed by atoms with Gasteiger partial charge in [-0.15, -0.1) is 0 Å². The van der Waals surface area contributed by atoms with Crippen molar-refractivity contribution in [1.29, 1.82) is 0 Å². The van der Waals surface area contributed by atoms with Crippen molar-refractivity contribution >= 4 is 14.6 Å². The topological polar surface area (TPSA) is 129 Å². The van der Waals surface area contributed by atoms with Gasteiger partial charge in [-0.05, 0) is 61.4 Å². The fraction of sp³-hybridized carbons (Fsp3) is 0.600. The largest absolute Gasteiger partial charge is 3.00 e. The predicted molar refractivity (Wildman–Crippen MR) is 286 cm³/mol. The summed E-state index contributed by atoms with van der Waals surface area (Å²) in [6, 6.07) is 17.7. The van der Waals surface area contributed by atoms with Gasteiger partial charge in [-0.3, -0.25) is 0 Å². The maximum absolute atomic E-state index is 12.6. The van der Waals surface area contributed by atoms with E-state index in [2.05, 4.69) is 71.7 Å². The van der Waals surface area contributed by atoms with Crippen LogP contribution in [0.25, 0.3) is 0 Å². The van der Waals surface area contributed by atoms with Gasteiger partial charge in [0, 0.05) is 0 Å². The van der Waals surface area contributed by atoms with E-state index in [0.717, 1.165) is 24.7 Å². The van der Waals surface area contributed by atoms with E-state index in [1.54, 1.807) is 0 Å². The first-order chi connectivity index (χ1) is 39.0. The van der Waals surface area contributed by atoms with E-state index in [-0.39, 0.29) is 40.7 Å². The molecule has 0 aliphatic heterocycles.